The first kappa shape index (κ1) is 7.38. The lowest BCUT2D eigenvalue weighted by Crippen LogP contribution is -2.16. The van der Waals surface area contributed by atoms with Crippen molar-refractivity contribution in [2.45, 2.75) is 25.9 Å². The van der Waals surface area contributed by atoms with E-state index < -0.39 is 6.16 Å². The Labute approximate surface area is 60.3 Å². The molecule has 0 heterocycles. The third-order valence-electron chi connectivity index (χ3n) is 1.73. The molecule has 0 aromatic heterocycles. The summed E-state index contributed by atoms with van der Waals surface area (Å²) in [6, 6.07) is 0. The molecule has 0 aromatic carbocycles. The Kier molecular flexibility index (Phi) is 2.14. The molecule has 0 bridgehead atoms. The lowest BCUT2D eigenvalue weighted by atomic mass is 10.3. The summed E-state index contributed by atoms with van der Waals surface area (Å²) in [4.78, 5) is 10.5. The van der Waals surface area contributed by atoms with Crippen molar-refractivity contribution in [2.24, 2.45) is 5.92 Å². The van der Waals surface area contributed by atoms with Gasteiger partial charge >= 0.3 is 6.16 Å². The lowest BCUT2D eigenvalue weighted by molar-refractivity contribution is 0.0358. The van der Waals surface area contributed by atoms with Gasteiger partial charge in [0.1, 0.15) is 6.10 Å². The smallest absolute Gasteiger partial charge is 0.438 e. The van der Waals surface area contributed by atoms with Gasteiger partial charge in [-0.05, 0) is 25.7 Å². The molecule has 0 N–H and O–H groups in total. The second-order valence-corrected chi connectivity index (χ2v) is 2.61. The van der Waals surface area contributed by atoms with Crippen LogP contribution in [0.25, 0.3) is 0 Å². The second-order valence-electron chi connectivity index (χ2n) is 2.61. The van der Waals surface area contributed by atoms with Crippen LogP contribution < -0.4 is 0 Å². The van der Waals surface area contributed by atoms with Gasteiger partial charge in [-0.2, -0.15) is 0 Å². The molecule has 1 saturated carbocycles. The Morgan fingerprint density at radius 1 is 1.60 bits per heavy atom. The third-order valence-corrected chi connectivity index (χ3v) is 1.73. The Bertz CT molecular complexity index is 129. The number of carbonyl (C=O) groups excluding carboxylic acids is 1. The topological polar surface area (TPSA) is 35.5 Å². The van der Waals surface area contributed by atoms with Crippen molar-refractivity contribution >= 4 is 6.16 Å². The summed E-state index contributed by atoms with van der Waals surface area (Å²) in [6.45, 7) is 1.90. The molecule has 1 rings (SSSR count). The summed E-state index contributed by atoms with van der Waals surface area (Å²) in [6.07, 6.45) is 1.82. The zero-order valence-electron chi connectivity index (χ0n) is 6.29. The summed E-state index contributed by atoms with van der Waals surface area (Å²) in [5.74, 6) is 0.582. The van der Waals surface area contributed by atoms with E-state index in [4.69, 9.17) is 4.74 Å². The predicted octanol–water partition coefficient (Wildman–Crippen LogP) is 1.57. The Morgan fingerprint density at radius 3 is 2.60 bits per heavy atom. The molecule has 1 aliphatic rings. The van der Waals surface area contributed by atoms with Gasteiger partial charge in [-0.1, -0.05) is 0 Å². The van der Waals surface area contributed by atoms with Crippen molar-refractivity contribution in [3.8, 4) is 0 Å². The first-order chi connectivity index (χ1) is 4.74. The average molecular weight is 144 g/mol. The van der Waals surface area contributed by atoms with Crippen LogP contribution in [0.5, 0.6) is 0 Å². The van der Waals surface area contributed by atoms with Gasteiger partial charge in [0.2, 0.25) is 0 Å². The van der Waals surface area contributed by atoms with Crippen LogP contribution in [-0.4, -0.2) is 19.4 Å². The van der Waals surface area contributed by atoms with Crippen molar-refractivity contribution < 1.29 is 14.3 Å². The number of ether oxygens (including phenoxy) is 2. The first-order valence-corrected chi connectivity index (χ1v) is 3.48. The van der Waals surface area contributed by atoms with Gasteiger partial charge in [-0.15, -0.1) is 0 Å². The maximum absolute atomic E-state index is 10.5. The van der Waals surface area contributed by atoms with Crippen molar-refractivity contribution in [3.05, 3.63) is 0 Å². The lowest BCUT2D eigenvalue weighted by Gasteiger charge is -2.09. The Hall–Kier alpha value is -0.730. The molecule has 1 fully saturated rings. The van der Waals surface area contributed by atoms with E-state index in [1.807, 2.05) is 6.92 Å². The highest BCUT2D eigenvalue weighted by atomic mass is 16.7. The fraction of sp³-hybridized carbons (Fsp3) is 0.857. The van der Waals surface area contributed by atoms with E-state index in [-0.39, 0.29) is 6.10 Å². The minimum Gasteiger partial charge on any atom is -0.438 e. The van der Waals surface area contributed by atoms with E-state index >= 15 is 0 Å². The Balaban J connectivity index is 2.16. The largest absolute Gasteiger partial charge is 0.508 e. The van der Waals surface area contributed by atoms with Crippen LogP contribution in [0.3, 0.4) is 0 Å². The molecule has 0 spiro atoms. The number of hydrogen-bond donors (Lipinski definition) is 0. The van der Waals surface area contributed by atoms with E-state index in [9.17, 15) is 4.79 Å². The number of carbonyl (C=O) groups is 1. The SMILES string of the molecule is COC(=O)O[C@@H](C)C1CC1. The zero-order valence-corrected chi connectivity index (χ0v) is 6.29. The summed E-state index contributed by atoms with van der Waals surface area (Å²) in [7, 11) is 1.32. The van der Waals surface area contributed by atoms with E-state index in [1.165, 1.54) is 20.0 Å². The van der Waals surface area contributed by atoms with Crippen LogP contribution in [0.4, 0.5) is 4.79 Å². The van der Waals surface area contributed by atoms with Gasteiger partial charge in [0, 0.05) is 0 Å². The van der Waals surface area contributed by atoms with E-state index in [2.05, 4.69) is 4.74 Å². The van der Waals surface area contributed by atoms with Gasteiger partial charge in [-0.3, -0.25) is 0 Å². The fourth-order valence-electron chi connectivity index (χ4n) is 0.862. The number of methoxy groups -OCH3 is 1. The zero-order chi connectivity index (χ0) is 7.56. The molecule has 3 nitrogen and oxygen atoms in total. The van der Waals surface area contributed by atoms with Gasteiger partial charge in [0.05, 0.1) is 7.11 Å². The van der Waals surface area contributed by atoms with Crippen LogP contribution in [0.1, 0.15) is 19.8 Å². The maximum atomic E-state index is 10.5. The highest BCUT2D eigenvalue weighted by Crippen LogP contribution is 2.33. The molecule has 0 aliphatic heterocycles. The molecule has 0 amide bonds. The van der Waals surface area contributed by atoms with Crippen molar-refractivity contribution in [1.29, 1.82) is 0 Å². The van der Waals surface area contributed by atoms with E-state index in [0.717, 1.165) is 0 Å². The minimum atomic E-state index is -0.570. The van der Waals surface area contributed by atoms with Crippen LogP contribution in [0, 0.1) is 5.92 Å². The highest BCUT2D eigenvalue weighted by molar-refractivity contribution is 5.59. The van der Waals surface area contributed by atoms with Crippen LogP contribution in [0.2, 0.25) is 0 Å². The third kappa shape index (κ3) is 1.90. The molecular weight excluding hydrogens is 132 g/mol. The molecule has 0 radical (unpaired) electrons. The molecule has 0 aromatic rings. The normalized spacial score (nSPS) is 19.8. The van der Waals surface area contributed by atoms with Crippen LogP contribution in [-0.2, 0) is 9.47 Å². The molecule has 3 heteroatoms. The first-order valence-electron chi connectivity index (χ1n) is 3.48. The highest BCUT2D eigenvalue weighted by Gasteiger charge is 2.30. The summed E-state index contributed by atoms with van der Waals surface area (Å²) >= 11 is 0. The summed E-state index contributed by atoms with van der Waals surface area (Å²) < 4.78 is 9.20. The second kappa shape index (κ2) is 2.90. The molecule has 1 atom stereocenters. The molecule has 58 valence electrons. The van der Waals surface area contributed by atoms with E-state index in [0.29, 0.717) is 5.92 Å². The summed E-state index contributed by atoms with van der Waals surface area (Å²) in [5.41, 5.74) is 0. The van der Waals surface area contributed by atoms with Gasteiger partial charge in [0.25, 0.3) is 0 Å². The predicted molar refractivity (Wildman–Crippen MR) is 35.7 cm³/mol. The standard InChI is InChI=1S/C7H12O3/c1-5(6-3-4-6)10-7(8)9-2/h5-6H,3-4H2,1-2H3/t5-/m0/s1. The van der Waals surface area contributed by atoms with E-state index in [1.54, 1.807) is 0 Å². The molecule has 0 saturated heterocycles. The van der Waals surface area contributed by atoms with Crippen molar-refractivity contribution in [2.75, 3.05) is 7.11 Å². The number of hydrogen-bond acceptors (Lipinski definition) is 3. The number of rotatable bonds is 2. The minimum absolute atomic E-state index is 0.0347. The Morgan fingerprint density at radius 2 is 2.20 bits per heavy atom. The molecular formula is C7H12O3. The maximum Gasteiger partial charge on any atom is 0.508 e. The fourth-order valence-corrected chi connectivity index (χ4v) is 0.862. The van der Waals surface area contributed by atoms with Crippen LogP contribution >= 0.6 is 0 Å². The molecule has 0 unspecified atom stereocenters. The monoisotopic (exact) mass is 144 g/mol. The van der Waals surface area contributed by atoms with Crippen molar-refractivity contribution in [3.63, 3.8) is 0 Å². The van der Waals surface area contributed by atoms with Gasteiger partial charge < -0.3 is 9.47 Å². The molecule has 1 aliphatic carbocycles. The van der Waals surface area contributed by atoms with Gasteiger partial charge in [0.15, 0.2) is 0 Å². The van der Waals surface area contributed by atoms with Gasteiger partial charge in [-0.25, -0.2) is 4.79 Å². The summed E-state index contributed by atoms with van der Waals surface area (Å²) in [5, 5.41) is 0. The average Bonchev–Trinajstić information content (AvgIpc) is 2.68. The quantitative estimate of drug-likeness (QED) is 0.552. The van der Waals surface area contributed by atoms with Crippen LogP contribution in [0.15, 0.2) is 0 Å². The molecule has 10 heavy (non-hydrogen) atoms. The van der Waals surface area contributed by atoms with Crippen molar-refractivity contribution in [1.82, 2.24) is 0 Å².